The fourth-order valence-corrected chi connectivity index (χ4v) is 7.72. The topological polar surface area (TPSA) is 50.1 Å². The van der Waals surface area contributed by atoms with Crippen molar-refractivity contribution in [3.05, 3.63) is 11.6 Å². The monoisotopic (exact) mass is 355 g/mol. The van der Waals surface area contributed by atoms with Gasteiger partial charge in [0.2, 0.25) is 0 Å². The Kier molecular flexibility index (Phi) is 4.45. The number of carbonyl (C=O) groups is 1. The van der Waals surface area contributed by atoms with Crippen LogP contribution < -0.4 is 0 Å². The molecule has 7 atom stereocenters. The standard InChI is InChI=1S/C23H33NO2/c1-15(25)26-18-8-11-23(3)17(14-18)4-6-19-20-7-5-16(10-13-24)22(20,2)12-9-21(19)23/h10,17-21H,4-9,11-12,14H2,1-3H3/b16-10-. The van der Waals surface area contributed by atoms with Crippen molar-refractivity contribution in [3.8, 4) is 6.07 Å². The van der Waals surface area contributed by atoms with Crippen molar-refractivity contribution in [1.82, 2.24) is 0 Å². The van der Waals surface area contributed by atoms with Crippen LogP contribution in [0.25, 0.3) is 0 Å². The van der Waals surface area contributed by atoms with Gasteiger partial charge in [-0.25, -0.2) is 0 Å². The van der Waals surface area contributed by atoms with Gasteiger partial charge in [-0.05, 0) is 92.3 Å². The summed E-state index contributed by atoms with van der Waals surface area (Å²) in [6.07, 6.45) is 12.9. The van der Waals surface area contributed by atoms with Gasteiger partial charge in [0, 0.05) is 13.0 Å². The lowest BCUT2D eigenvalue weighted by molar-refractivity contribution is -0.158. The number of esters is 1. The number of rotatable bonds is 1. The largest absolute Gasteiger partial charge is 0.463 e. The fourth-order valence-electron chi connectivity index (χ4n) is 7.72. The minimum atomic E-state index is -0.122. The molecule has 4 aliphatic rings. The quantitative estimate of drug-likeness (QED) is 0.467. The highest BCUT2D eigenvalue weighted by Crippen LogP contribution is 2.67. The molecule has 0 spiro atoms. The van der Waals surface area contributed by atoms with Gasteiger partial charge in [0.05, 0.1) is 6.07 Å². The summed E-state index contributed by atoms with van der Waals surface area (Å²) < 4.78 is 5.57. The Bertz CT molecular complexity index is 662. The molecular weight excluding hydrogens is 322 g/mol. The van der Waals surface area contributed by atoms with E-state index in [1.165, 1.54) is 44.1 Å². The summed E-state index contributed by atoms with van der Waals surface area (Å²) in [4.78, 5) is 11.4. The van der Waals surface area contributed by atoms with E-state index in [2.05, 4.69) is 19.9 Å². The van der Waals surface area contributed by atoms with Crippen LogP contribution in [0.2, 0.25) is 0 Å². The zero-order valence-corrected chi connectivity index (χ0v) is 16.6. The van der Waals surface area contributed by atoms with Crippen LogP contribution in [0.1, 0.15) is 78.6 Å². The summed E-state index contributed by atoms with van der Waals surface area (Å²) in [5, 5.41) is 9.18. The second-order valence-corrected chi connectivity index (χ2v) is 9.96. The number of hydrogen-bond acceptors (Lipinski definition) is 3. The van der Waals surface area contributed by atoms with Gasteiger partial charge in [0.15, 0.2) is 0 Å². The molecule has 4 saturated carbocycles. The van der Waals surface area contributed by atoms with Crippen LogP contribution in [0.4, 0.5) is 0 Å². The molecule has 0 N–H and O–H groups in total. The first-order valence-electron chi connectivity index (χ1n) is 10.6. The van der Waals surface area contributed by atoms with Gasteiger partial charge in [-0.15, -0.1) is 0 Å². The first kappa shape index (κ1) is 18.1. The van der Waals surface area contributed by atoms with Crippen LogP contribution in [0, 0.1) is 45.8 Å². The molecule has 0 radical (unpaired) electrons. The van der Waals surface area contributed by atoms with Gasteiger partial charge >= 0.3 is 5.97 Å². The molecule has 3 heteroatoms. The number of ether oxygens (including phenoxy) is 1. The highest BCUT2D eigenvalue weighted by Gasteiger charge is 2.59. The molecule has 0 aromatic rings. The molecule has 0 saturated heterocycles. The Morgan fingerprint density at radius 3 is 2.69 bits per heavy atom. The van der Waals surface area contributed by atoms with E-state index in [1.807, 2.05) is 6.08 Å². The minimum absolute atomic E-state index is 0.122. The van der Waals surface area contributed by atoms with E-state index in [0.29, 0.717) is 11.3 Å². The second kappa shape index (κ2) is 6.39. The van der Waals surface area contributed by atoms with Crippen LogP contribution in [-0.2, 0) is 9.53 Å². The number of allylic oxidation sites excluding steroid dienone is 2. The summed E-state index contributed by atoms with van der Waals surface area (Å²) >= 11 is 0. The van der Waals surface area contributed by atoms with Gasteiger partial charge < -0.3 is 4.74 Å². The molecule has 0 bridgehead atoms. The van der Waals surface area contributed by atoms with E-state index in [9.17, 15) is 10.1 Å². The molecule has 3 nitrogen and oxygen atoms in total. The van der Waals surface area contributed by atoms with Crippen LogP contribution in [0.5, 0.6) is 0 Å². The molecule has 4 fully saturated rings. The Hall–Kier alpha value is -1.30. The first-order valence-corrected chi connectivity index (χ1v) is 10.6. The molecule has 7 unspecified atom stereocenters. The minimum Gasteiger partial charge on any atom is -0.463 e. The molecule has 26 heavy (non-hydrogen) atoms. The van der Waals surface area contributed by atoms with Gasteiger partial charge in [0.25, 0.3) is 0 Å². The molecule has 142 valence electrons. The highest BCUT2D eigenvalue weighted by atomic mass is 16.5. The lowest BCUT2D eigenvalue weighted by Crippen LogP contribution is -2.53. The van der Waals surface area contributed by atoms with Gasteiger partial charge in [0.1, 0.15) is 6.10 Å². The van der Waals surface area contributed by atoms with Crippen LogP contribution in [0.3, 0.4) is 0 Å². The summed E-state index contributed by atoms with van der Waals surface area (Å²) in [5.74, 6) is 3.00. The predicted octanol–water partition coefficient (Wildman–Crippen LogP) is 5.41. The maximum Gasteiger partial charge on any atom is 0.302 e. The predicted molar refractivity (Wildman–Crippen MR) is 101 cm³/mol. The molecule has 0 amide bonds. The van der Waals surface area contributed by atoms with E-state index in [1.54, 1.807) is 6.92 Å². The number of carbonyl (C=O) groups excluding carboxylic acids is 1. The first-order chi connectivity index (χ1) is 12.4. The number of hydrogen-bond donors (Lipinski definition) is 0. The van der Waals surface area contributed by atoms with Crippen LogP contribution in [0.15, 0.2) is 11.6 Å². The lowest BCUT2D eigenvalue weighted by Gasteiger charge is -2.60. The Morgan fingerprint density at radius 1 is 1.15 bits per heavy atom. The van der Waals surface area contributed by atoms with Crippen molar-refractivity contribution in [2.24, 2.45) is 34.5 Å². The van der Waals surface area contributed by atoms with Crippen molar-refractivity contribution in [2.75, 3.05) is 0 Å². The van der Waals surface area contributed by atoms with E-state index >= 15 is 0 Å². The van der Waals surface area contributed by atoms with E-state index in [-0.39, 0.29) is 17.5 Å². The summed E-state index contributed by atoms with van der Waals surface area (Å²) in [6.45, 7) is 6.53. The van der Waals surface area contributed by atoms with Crippen LogP contribution in [-0.4, -0.2) is 12.1 Å². The summed E-state index contributed by atoms with van der Waals surface area (Å²) in [6, 6.07) is 2.31. The average Bonchev–Trinajstić information content (AvgIpc) is 2.92. The average molecular weight is 356 g/mol. The van der Waals surface area contributed by atoms with E-state index < -0.39 is 0 Å². The second-order valence-electron chi connectivity index (χ2n) is 9.96. The molecule has 0 aliphatic heterocycles. The number of nitriles is 1. The van der Waals surface area contributed by atoms with Crippen molar-refractivity contribution in [3.63, 3.8) is 0 Å². The van der Waals surface area contributed by atoms with E-state index in [0.717, 1.165) is 37.0 Å². The normalized spacial score (nSPS) is 48.8. The molecule has 0 aromatic carbocycles. The van der Waals surface area contributed by atoms with E-state index in [4.69, 9.17) is 4.74 Å². The molecule has 0 heterocycles. The SMILES string of the molecule is CC(=O)OC1CCC2(C)C(CCC3C4CC/C(=C/C#N)C4(C)CCC32)C1. The molecule has 4 aliphatic carbocycles. The van der Waals surface area contributed by atoms with Gasteiger partial charge in [-0.1, -0.05) is 19.4 Å². The third kappa shape index (κ3) is 2.63. The zero-order chi connectivity index (χ0) is 18.5. The maximum atomic E-state index is 11.4. The molecule has 4 rings (SSSR count). The van der Waals surface area contributed by atoms with Gasteiger partial charge in [-0.2, -0.15) is 5.26 Å². The Balaban J connectivity index is 1.55. The zero-order valence-electron chi connectivity index (χ0n) is 16.6. The molecular formula is C23H33NO2. The fraction of sp³-hybridized carbons (Fsp3) is 0.826. The van der Waals surface area contributed by atoms with Crippen molar-refractivity contribution >= 4 is 5.97 Å². The highest BCUT2D eigenvalue weighted by molar-refractivity contribution is 5.66. The summed E-state index contributed by atoms with van der Waals surface area (Å²) in [5.41, 5.74) is 2.12. The number of nitrogens with zero attached hydrogens (tertiary/aromatic N) is 1. The Morgan fingerprint density at radius 2 is 1.96 bits per heavy atom. The maximum absolute atomic E-state index is 11.4. The van der Waals surface area contributed by atoms with Crippen LogP contribution >= 0.6 is 0 Å². The lowest BCUT2D eigenvalue weighted by atomic mass is 9.45. The third-order valence-electron chi connectivity index (χ3n) is 9.04. The van der Waals surface area contributed by atoms with Gasteiger partial charge in [-0.3, -0.25) is 4.79 Å². The molecule has 0 aromatic heterocycles. The van der Waals surface area contributed by atoms with Crippen molar-refractivity contribution in [1.29, 1.82) is 5.26 Å². The van der Waals surface area contributed by atoms with Crippen molar-refractivity contribution < 1.29 is 9.53 Å². The smallest absolute Gasteiger partial charge is 0.302 e. The number of fused-ring (bicyclic) bond motifs is 5. The Labute approximate surface area is 158 Å². The van der Waals surface area contributed by atoms with Crippen molar-refractivity contribution in [2.45, 2.75) is 84.7 Å². The third-order valence-corrected chi connectivity index (χ3v) is 9.04. The summed E-state index contributed by atoms with van der Waals surface area (Å²) in [7, 11) is 0.